The molecule has 160 valence electrons. The van der Waals surface area contributed by atoms with Crippen LogP contribution in [0.2, 0.25) is 0 Å². The van der Waals surface area contributed by atoms with Crippen LogP contribution in [0.3, 0.4) is 0 Å². The van der Waals surface area contributed by atoms with E-state index in [1.165, 1.54) is 6.42 Å². The van der Waals surface area contributed by atoms with Crippen molar-refractivity contribution in [2.45, 2.75) is 32.2 Å². The number of fused-ring (bicyclic) bond motifs is 1. The molecule has 1 aliphatic heterocycles. The molecule has 1 heterocycles. The molecule has 1 aliphatic carbocycles. The van der Waals surface area contributed by atoms with Gasteiger partial charge in [0.2, 0.25) is 5.91 Å². The summed E-state index contributed by atoms with van der Waals surface area (Å²) in [5.74, 6) is 0.610. The van der Waals surface area contributed by atoms with Crippen molar-refractivity contribution >= 4 is 35.7 Å². The van der Waals surface area contributed by atoms with Crippen LogP contribution in [0.15, 0.2) is 54.6 Å². The number of urea groups is 1. The highest BCUT2D eigenvalue weighted by Gasteiger charge is 2.49. The lowest BCUT2D eigenvalue weighted by Crippen LogP contribution is -2.47. The van der Waals surface area contributed by atoms with E-state index in [0.717, 1.165) is 43.6 Å². The number of hydrogen-bond donors (Lipinski definition) is 4. The third-order valence-electron chi connectivity index (χ3n) is 6.16. The van der Waals surface area contributed by atoms with Gasteiger partial charge in [-0.3, -0.25) is 4.79 Å². The number of benzene rings is 2. The van der Waals surface area contributed by atoms with Crippen molar-refractivity contribution in [3.63, 3.8) is 0 Å². The molecule has 2 aromatic carbocycles. The van der Waals surface area contributed by atoms with Crippen molar-refractivity contribution in [1.29, 1.82) is 0 Å². The first-order chi connectivity index (χ1) is 14.2. The zero-order valence-corrected chi connectivity index (χ0v) is 17.8. The van der Waals surface area contributed by atoms with Gasteiger partial charge >= 0.3 is 6.03 Å². The number of carbonyl (C=O) groups is 2. The van der Waals surface area contributed by atoms with E-state index in [4.69, 9.17) is 0 Å². The second-order valence-electron chi connectivity index (χ2n) is 8.06. The maximum Gasteiger partial charge on any atom is 0.323 e. The van der Waals surface area contributed by atoms with E-state index in [-0.39, 0.29) is 29.8 Å². The Kier molecular flexibility index (Phi) is 7.34. The number of rotatable bonds is 5. The van der Waals surface area contributed by atoms with Gasteiger partial charge in [-0.25, -0.2) is 4.79 Å². The van der Waals surface area contributed by atoms with Gasteiger partial charge in [-0.2, -0.15) is 0 Å². The van der Waals surface area contributed by atoms with Crippen LogP contribution in [0.5, 0.6) is 0 Å². The molecular formula is C23H29ClN4O2. The second-order valence-corrected chi connectivity index (χ2v) is 8.06. The predicted octanol–water partition coefficient (Wildman–Crippen LogP) is 4.15. The van der Waals surface area contributed by atoms with E-state index in [1.54, 1.807) is 0 Å². The minimum absolute atomic E-state index is 0. The Hall–Kier alpha value is -2.57. The molecule has 4 N–H and O–H groups in total. The van der Waals surface area contributed by atoms with Crippen LogP contribution in [-0.2, 0) is 11.3 Å². The van der Waals surface area contributed by atoms with Gasteiger partial charge in [0, 0.05) is 24.5 Å². The summed E-state index contributed by atoms with van der Waals surface area (Å²) in [5.41, 5.74) is 2.15. The van der Waals surface area contributed by atoms with Crippen LogP contribution in [0.25, 0.3) is 0 Å². The number of hydrogen-bond acceptors (Lipinski definition) is 3. The summed E-state index contributed by atoms with van der Waals surface area (Å²) in [6.45, 7) is 2.19. The molecule has 2 aliphatic rings. The van der Waals surface area contributed by atoms with Crippen molar-refractivity contribution in [2.24, 2.45) is 11.3 Å². The molecule has 0 spiro atoms. The van der Waals surface area contributed by atoms with Gasteiger partial charge in [-0.05, 0) is 55.1 Å². The zero-order valence-electron chi connectivity index (χ0n) is 16.9. The Morgan fingerprint density at radius 1 is 1.00 bits per heavy atom. The molecule has 1 saturated heterocycles. The molecule has 0 bridgehead atoms. The molecule has 1 saturated carbocycles. The quantitative estimate of drug-likeness (QED) is 0.577. The van der Waals surface area contributed by atoms with Crippen molar-refractivity contribution in [3.05, 3.63) is 60.2 Å². The van der Waals surface area contributed by atoms with Gasteiger partial charge < -0.3 is 21.3 Å². The Morgan fingerprint density at radius 3 is 2.60 bits per heavy atom. The zero-order chi connectivity index (χ0) is 20.1. The molecule has 2 atom stereocenters. The summed E-state index contributed by atoms with van der Waals surface area (Å²) < 4.78 is 0. The third kappa shape index (κ3) is 4.94. The van der Waals surface area contributed by atoms with E-state index in [0.29, 0.717) is 18.2 Å². The van der Waals surface area contributed by atoms with Gasteiger partial charge in [0.15, 0.2) is 0 Å². The average Bonchev–Trinajstić information content (AvgIpc) is 3.18. The minimum atomic E-state index is -0.293. The molecule has 0 aromatic heterocycles. The van der Waals surface area contributed by atoms with Gasteiger partial charge in [-0.15, -0.1) is 12.4 Å². The Labute approximate surface area is 183 Å². The summed E-state index contributed by atoms with van der Waals surface area (Å²) in [4.78, 5) is 25.2. The van der Waals surface area contributed by atoms with E-state index >= 15 is 0 Å². The number of nitrogens with one attached hydrogen (secondary N) is 4. The fourth-order valence-electron chi connectivity index (χ4n) is 4.62. The van der Waals surface area contributed by atoms with Crippen LogP contribution >= 0.6 is 12.4 Å². The molecule has 2 fully saturated rings. The SMILES string of the molecule is Cl.O=C(Nc1ccccc1)Nc1cccc(CNC(=O)[C@@]23CCCC[C@H]2CNC3)c1. The van der Waals surface area contributed by atoms with Gasteiger partial charge in [0.1, 0.15) is 0 Å². The highest BCUT2D eigenvalue weighted by molar-refractivity contribution is 5.99. The van der Waals surface area contributed by atoms with Crippen molar-refractivity contribution in [2.75, 3.05) is 23.7 Å². The monoisotopic (exact) mass is 428 g/mol. The first-order valence-corrected chi connectivity index (χ1v) is 10.4. The molecule has 0 unspecified atom stereocenters. The van der Waals surface area contributed by atoms with Crippen LogP contribution in [0, 0.1) is 11.3 Å². The maximum atomic E-state index is 13.0. The maximum absolute atomic E-state index is 13.0. The van der Waals surface area contributed by atoms with Crippen LogP contribution in [0.1, 0.15) is 31.2 Å². The summed E-state index contributed by atoms with van der Waals surface area (Å²) in [7, 11) is 0. The second kappa shape index (κ2) is 9.96. The van der Waals surface area contributed by atoms with Gasteiger partial charge in [0.25, 0.3) is 0 Å². The number of carbonyl (C=O) groups excluding carboxylic acids is 2. The van der Waals surface area contributed by atoms with Crippen LogP contribution < -0.4 is 21.3 Å². The first-order valence-electron chi connectivity index (χ1n) is 10.4. The van der Waals surface area contributed by atoms with E-state index in [1.807, 2.05) is 54.6 Å². The van der Waals surface area contributed by atoms with Crippen LogP contribution in [0.4, 0.5) is 16.2 Å². The number of anilines is 2. The lowest BCUT2D eigenvalue weighted by Gasteiger charge is -2.37. The predicted molar refractivity (Wildman–Crippen MR) is 122 cm³/mol. The van der Waals surface area contributed by atoms with E-state index in [2.05, 4.69) is 21.3 Å². The van der Waals surface area contributed by atoms with E-state index in [9.17, 15) is 9.59 Å². The normalized spacial score (nSPS) is 22.3. The molecule has 3 amide bonds. The standard InChI is InChI=1S/C23H28N4O2.ClH/c28-21(23-12-5-4-8-18(23)15-24-16-23)25-14-17-7-6-11-20(13-17)27-22(29)26-19-9-2-1-3-10-19;/h1-3,6-7,9-11,13,18,24H,4-5,8,12,14-16H2,(H,25,28)(H2,26,27,29);1H/t18-,23+;/m0./s1. The molecule has 7 heteroatoms. The fourth-order valence-corrected chi connectivity index (χ4v) is 4.62. The highest BCUT2D eigenvalue weighted by Crippen LogP contribution is 2.43. The molecule has 4 rings (SSSR count). The fraction of sp³-hybridized carbons (Fsp3) is 0.391. The van der Waals surface area contributed by atoms with Crippen molar-refractivity contribution in [1.82, 2.24) is 10.6 Å². The Bertz CT molecular complexity index is 877. The molecule has 0 radical (unpaired) electrons. The molecule has 2 aromatic rings. The van der Waals surface area contributed by atoms with Gasteiger partial charge in [-0.1, -0.05) is 43.2 Å². The first kappa shape index (κ1) is 22.1. The number of para-hydroxylation sites is 1. The summed E-state index contributed by atoms with van der Waals surface area (Å²) in [6, 6.07) is 16.6. The molecule has 30 heavy (non-hydrogen) atoms. The topological polar surface area (TPSA) is 82.3 Å². The molecule has 6 nitrogen and oxygen atoms in total. The van der Waals surface area contributed by atoms with Crippen molar-refractivity contribution < 1.29 is 9.59 Å². The van der Waals surface area contributed by atoms with Gasteiger partial charge in [0.05, 0.1) is 5.41 Å². The Morgan fingerprint density at radius 2 is 1.77 bits per heavy atom. The number of halogens is 1. The average molecular weight is 429 g/mol. The molecular weight excluding hydrogens is 400 g/mol. The third-order valence-corrected chi connectivity index (χ3v) is 6.16. The smallest absolute Gasteiger partial charge is 0.323 e. The largest absolute Gasteiger partial charge is 0.351 e. The summed E-state index contributed by atoms with van der Waals surface area (Å²) in [6.07, 6.45) is 4.45. The number of amides is 3. The summed E-state index contributed by atoms with van der Waals surface area (Å²) >= 11 is 0. The van der Waals surface area contributed by atoms with Crippen molar-refractivity contribution in [3.8, 4) is 0 Å². The minimum Gasteiger partial charge on any atom is -0.351 e. The van der Waals surface area contributed by atoms with Crippen LogP contribution in [-0.4, -0.2) is 25.0 Å². The lowest BCUT2D eigenvalue weighted by molar-refractivity contribution is -0.134. The summed E-state index contributed by atoms with van der Waals surface area (Å²) in [5, 5.41) is 12.2. The lowest BCUT2D eigenvalue weighted by atomic mass is 9.67. The van der Waals surface area contributed by atoms with E-state index < -0.39 is 0 Å². The highest BCUT2D eigenvalue weighted by atomic mass is 35.5. The Balaban J connectivity index is 0.00000256.